The molecule has 0 atom stereocenters. The Morgan fingerprint density at radius 2 is 1.33 bits per heavy atom. The second-order valence-corrected chi connectivity index (χ2v) is 3.11. The highest BCUT2D eigenvalue weighted by Crippen LogP contribution is 2.11. The van der Waals surface area contributed by atoms with Crippen molar-refractivity contribution in [2.45, 2.75) is 0 Å². The molecule has 0 bridgehead atoms. The summed E-state index contributed by atoms with van der Waals surface area (Å²) in [5.74, 6) is 0. The molecule has 0 aliphatic rings. The lowest BCUT2D eigenvalue weighted by Crippen LogP contribution is -2.08. The highest BCUT2D eigenvalue weighted by molar-refractivity contribution is 5.55. The molecule has 0 unspecified atom stereocenters. The maximum atomic E-state index is 5.58. The molecule has 1 aromatic carbocycles. The van der Waals surface area contributed by atoms with Gasteiger partial charge in [0.2, 0.25) is 0 Å². The maximum absolute atomic E-state index is 5.58. The van der Waals surface area contributed by atoms with Crippen LogP contribution in [0.4, 0.5) is 17.1 Å². The molecular weight excluding hydrogens is 188 g/mol. The number of aromatic nitrogens is 1. The Kier molecular flexibility index (Phi) is 2.69. The maximum Gasteiger partial charge on any atom is 0.0570 e. The van der Waals surface area contributed by atoms with Gasteiger partial charge in [-0.15, -0.1) is 0 Å². The Hall–Kier alpha value is -2.23. The Morgan fingerprint density at radius 3 is 1.93 bits per heavy atom. The van der Waals surface area contributed by atoms with E-state index in [9.17, 15) is 0 Å². The first-order chi connectivity index (χ1) is 7.34. The first-order valence-corrected chi connectivity index (χ1v) is 4.62. The number of hydrogen-bond acceptors (Lipinski definition) is 4. The number of nitrogen functional groups attached to an aromatic ring is 1. The van der Waals surface area contributed by atoms with Crippen molar-refractivity contribution in [3.05, 3.63) is 48.8 Å². The summed E-state index contributed by atoms with van der Waals surface area (Å²) in [7, 11) is 0. The third kappa shape index (κ3) is 2.60. The number of anilines is 3. The molecule has 4 N–H and O–H groups in total. The average molecular weight is 200 g/mol. The Morgan fingerprint density at radius 1 is 0.800 bits per heavy atom. The predicted octanol–water partition coefficient (Wildman–Crippen LogP) is 2.10. The lowest BCUT2D eigenvalue weighted by Gasteiger charge is -2.09. The number of nitrogens with zero attached hydrogens (tertiary/aromatic N) is 1. The third-order valence-electron chi connectivity index (χ3n) is 1.94. The van der Waals surface area contributed by atoms with Crippen LogP contribution in [0.15, 0.2) is 48.8 Å². The summed E-state index contributed by atoms with van der Waals surface area (Å²) in [6.07, 6.45) is 3.46. The molecule has 15 heavy (non-hydrogen) atoms. The molecule has 0 spiro atoms. The van der Waals surface area contributed by atoms with E-state index in [4.69, 9.17) is 5.73 Å². The van der Waals surface area contributed by atoms with E-state index in [0.717, 1.165) is 17.1 Å². The van der Waals surface area contributed by atoms with E-state index in [1.807, 2.05) is 36.4 Å². The quantitative estimate of drug-likeness (QED) is 0.524. The van der Waals surface area contributed by atoms with Gasteiger partial charge >= 0.3 is 0 Å². The standard InChI is InChI=1S/C11H12N4/c12-9-1-3-10(4-2-9)14-15-11-5-7-13-8-6-11/h1-8,14H,12H2,(H,13,15). The number of nitrogens with two attached hydrogens (primary N) is 1. The summed E-state index contributed by atoms with van der Waals surface area (Å²) in [5.41, 5.74) is 14.4. The summed E-state index contributed by atoms with van der Waals surface area (Å²) in [6.45, 7) is 0. The third-order valence-corrected chi connectivity index (χ3v) is 1.94. The normalized spacial score (nSPS) is 9.60. The summed E-state index contributed by atoms with van der Waals surface area (Å²) in [6, 6.07) is 11.3. The van der Waals surface area contributed by atoms with E-state index < -0.39 is 0 Å². The molecule has 2 rings (SSSR count). The van der Waals surface area contributed by atoms with Crippen molar-refractivity contribution in [2.24, 2.45) is 0 Å². The number of benzene rings is 1. The minimum atomic E-state index is 0.754. The Balaban J connectivity index is 1.96. The highest BCUT2D eigenvalue weighted by atomic mass is 15.4. The van der Waals surface area contributed by atoms with Gasteiger partial charge in [0.05, 0.1) is 11.4 Å². The number of hydrogen-bond donors (Lipinski definition) is 3. The average Bonchev–Trinajstić information content (AvgIpc) is 2.30. The number of hydrazine groups is 1. The largest absolute Gasteiger partial charge is 0.399 e. The summed E-state index contributed by atoms with van der Waals surface area (Å²) in [5, 5.41) is 0. The molecule has 0 saturated heterocycles. The smallest absolute Gasteiger partial charge is 0.0570 e. The van der Waals surface area contributed by atoms with Gasteiger partial charge < -0.3 is 16.6 Å². The van der Waals surface area contributed by atoms with Crippen molar-refractivity contribution in [1.82, 2.24) is 4.98 Å². The molecule has 0 radical (unpaired) electrons. The molecule has 4 nitrogen and oxygen atoms in total. The Labute approximate surface area is 88.1 Å². The van der Waals surface area contributed by atoms with Gasteiger partial charge in [0.25, 0.3) is 0 Å². The fourth-order valence-corrected chi connectivity index (χ4v) is 1.15. The number of rotatable bonds is 3. The second-order valence-electron chi connectivity index (χ2n) is 3.11. The van der Waals surface area contributed by atoms with Crippen molar-refractivity contribution < 1.29 is 0 Å². The van der Waals surface area contributed by atoms with Crippen LogP contribution in [-0.2, 0) is 0 Å². The van der Waals surface area contributed by atoms with E-state index in [2.05, 4.69) is 15.8 Å². The predicted molar refractivity (Wildman–Crippen MR) is 62.3 cm³/mol. The molecule has 0 amide bonds. The fraction of sp³-hybridized carbons (Fsp3) is 0. The monoisotopic (exact) mass is 200 g/mol. The van der Waals surface area contributed by atoms with Gasteiger partial charge in [-0.2, -0.15) is 0 Å². The van der Waals surface area contributed by atoms with Crippen LogP contribution >= 0.6 is 0 Å². The van der Waals surface area contributed by atoms with E-state index in [1.54, 1.807) is 12.4 Å². The van der Waals surface area contributed by atoms with Gasteiger partial charge in [0, 0.05) is 18.1 Å². The van der Waals surface area contributed by atoms with E-state index in [0.29, 0.717) is 0 Å². The molecule has 0 aliphatic carbocycles. The van der Waals surface area contributed by atoms with E-state index in [1.165, 1.54) is 0 Å². The lowest BCUT2D eigenvalue weighted by molar-refractivity contribution is 1.31. The van der Waals surface area contributed by atoms with Crippen LogP contribution in [0.2, 0.25) is 0 Å². The first-order valence-electron chi connectivity index (χ1n) is 4.62. The second kappa shape index (κ2) is 4.32. The molecule has 76 valence electrons. The van der Waals surface area contributed by atoms with Gasteiger partial charge in [-0.1, -0.05) is 0 Å². The molecule has 0 aliphatic heterocycles. The molecule has 0 fully saturated rings. The molecule has 1 aromatic heterocycles. The Bertz CT molecular complexity index is 410. The van der Waals surface area contributed by atoms with Gasteiger partial charge in [-0.25, -0.2) is 0 Å². The molecule has 0 saturated carbocycles. The van der Waals surface area contributed by atoms with Crippen LogP contribution in [0, 0.1) is 0 Å². The van der Waals surface area contributed by atoms with Crippen molar-refractivity contribution in [1.29, 1.82) is 0 Å². The van der Waals surface area contributed by atoms with Crippen LogP contribution in [0.3, 0.4) is 0 Å². The minimum Gasteiger partial charge on any atom is -0.399 e. The zero-order valence-corrected chi connectivity index (χ0v) is 8.14. The zero-order chi connectivity index (χ0) is 10.5. The SMILES string of the molecule is Nc1ccc(NNc2ccncc2)cc1. The van der Waals surface area contributed by atoms with Gasteiger partial charge in [0.1, 0.15) is 0 Å². The van der Waals surface area contributed by atoms with E-state index >= 15 is 0 Å². The van der Waals surface area contributed by atoms with Crippen LogP contribution in [-0.4, -0.2) is 4.98 Å². The lowest BCUT2D eigenvalue weighted by atomic mass is 10.3. The zero-order valence-electron chi connectivity index (χ0n) is 8.14. The van der Waals surface area contributed by atoms with Crippen molar-refractivity contribution in [3.63, 3.8) is 0 Å². The van der Waals surface area contributed by atoms with Crippen molar-refractivity contribution in [3.8, 4) is 0 Å². The molecule has 1 heterocycles. The topological polar surface area (TPSA) is 63.0 Å². The van der Waals surface area contributed by atoms with Crippen molar-refractivity contribution in [2.75, 3.05) is 16.6 Å². The summed E-state index contributed by atoms with van der Waals surface area (Å²) in [4.78, 5) is 3.93. The van der Waals surface area contributed by atoms with Crippen LogP contribution in [0.1, 0.15) is 0 Å². The first kappa shape index (κ1) is 9.33. The van der Waals surface area contributed by atoms with Gasteiger partial charge in [-0.3, -0.25) is 4.98 Å². The van der Waals surface area contributed by atoms with Crippen molar-refractivity contribution >= 4 is 17.1 Å². The van der Waals surface area contributed by atoms with Crippen LogP contribution < -0.4 is 16.6 Å². The van der Waals surface area contributed by atoms with Crippen LogP contribution in [0.5, 0.6) is 0 Å². The van der Waals surface area contributed by atoms with Gasteiger partial charge in [-0.05, 0) is 36.4 Å². The fourth-order valence-electron chi connectivity index (χ4n) is 1.15. The van der Waals surface area contributed by atoms with E-state index in [-0.39, 0.29) is 0 Å². The highest BCUT2D eigenvalue weighted by Gasteiger charge is 1.91. The molecule has 2 aromatic rings. The minimum absolute atomic E-state index is 0.754. The summed E-state index contributed by atoms with van der Waals surface area (Å²) < 4.78 is 0. The summed E-state index contributed by atoms with van der Waals surface area (Å²) >= 11 is 0. The van der Waals surface area contributed by atoms with Gasteiger partial charge in [0.15, 0.2) is 0 Å². The number of nitrogens with one attached hydrogen (secondary N) is 2. The molecular formula is C11H12N4. The number of pyridine rings is 1. The molecule has 4 heteroatoms. The van der Waals surface area contributed by atoms with Crippen LogP contribution in [0.25, 0.3) is 0 Å².